The number of nitrogens with zero attached hydrogens (tertiary/aromatic N) is 2. The minimum Gasteiger partial charge on any atom is -0.305 e. The van der Waals surface area contributed by atoms with E-state index in [-0.39, 0.29) is 0 Å². The van der Waals surface area contributed by atoms with Gasteiger partial charge in [0.2, 0.25) is 0 Å². The molecule has 0 aliphatic rings. The molecular weight excluding hydrogens is 280 g/mol. The SMILES string of the molecule is CCCNC(c1cccc(F)c1F)c1snnc1CC. The van der Waals surface area contributed by atoms with Gasteiger partial charge in [0.05, 0.1) is 16.6 Å². The molecule has 0 radical (unpaired) electrons. The van der Waals surface area contributed by atoms with Gasteiger partial charge < -0.3 is 5.32 Å². The summed E-state index contributed by atoms with van der Waals surface area (Å²) in [6, 6.07) is 3.85. The van der Waals surface area contributed by atoms with Crippen LogP contribution in [0.3, 0.4) is 0 Å². The lowest BCUT2D eigenvalue weighted by molar-refractivity contribution is 0.481. The Morgan fingerprint density at radius 3 is 2.80 bits per heavy atom. The van der Waals surface area contributed by atoms with E-state index in [1.807, 2.05) is 13.8 Å². The fourth-order valence-electron chi connectivity index (χ4n) is 2.06. The number of aryl methyl sites for hydroxylation is 1. The molecular formula is C14H17F2N3S. The van der Waals surface area contributed by atoms with Gasteiger partial charge in [-0.25, -0.2) is 8.78 Å². The maximum atomic E-state index is 14.1. The summed E-state index contributed by atoms with van der Waals surface area (Å²) in [5.74, 6) is -1.64. The van der Waals surface area contributed by atoms with Gasteiger partial charge in [-0.3, -0.25) is 0 Å². The number of nitrogens with one attached hydrogen (secondary N) is 1. The molecule has 1 N–H and O–H groups in total. The van der Waals surface area contributed by atoms with Crippen molar-refractivity contribution in [2.75, 3.05) is 6.54 Å². The molecule has 0 aliphatic carbocycles. The first-order chi connectivity index (χ1) is 9.69. The maximum absolute atomic E-state index is 14.1. The van der Waals surface area contributed by atoms with Crippen LogP contribution in [0.5, 0.6) is 0 Å². The minimum atomic E-state index is -0.832. The van der Waals surface area contributed by atoms with Gasteiger partial charge in [0.25, 0.3) is 0 Å². The minimum absolute atomic E-state index is 0.305. The summed E-state index contributed by atoms with van der Waals surface area (Å²) in [5.41, 5.74) is 1.13. The highest BCUT2D eigenvalue weighted by atomic mass is 32.1. The number of aromatic nitrogens is 2. The summed E-state index contributed by atoms with van der Waals surface area (Å²) in [6.07, 6.45) is 1.62. The Bertz CT molecular complexity index is 571. The Balaban J connectivity index is 2.44. The molecule has 6 heteroatoms. The van der Waals surface area contributed by atoms with Gasteiger partial charge in [-0.2, -0.15) is 0 Å². The molecule has 0 saturated carbocycles. The normalized spacial score (nSPS) is 12.6. The molecule has 108 valence electrons. The lowest BCUT2D eigenvalue weighted by Crippen LogP contribution is -2.24. The predicted molar refractivity (Wildman–Crippen MR) is 75.8 cm³/mol. The third-order valence-corrected chi connectivity index (χ3v) is 3.90. The van der Waals surface area contributed by atoms with E-state index in [0.717, 1.165) is 23.1 Å². The second-order valence-corrected chi connectivity index (χ2v) is 5.25. The van der Waals surface area contributed by atoms with E-state index in [4.69, 9.17) is 0 Å². The van der Waals surface area contributed by atoms with Crippen LogP contribution in [0.1, 0.15) is 42.4 Å². The summed E-state index contributed by atoms with van der Waals surface area (Å²) < 4.78 is 31.4. The summed E-state index contributed by atoms with van der Waals surface area (Å²) in [4.78, 5) is 0.852. The Hall–Kier alpha value is -1.40. The lowest BCUT2D eigenvalue weighted by Gasteiger charge is -2.19. The zero-order chi connectivity index (χ0) is 14.5. The summed E-state index contributed by atoms with van der Waals surface area (Å²) in [5, 5.41) is 7.31. The fraction of sp³-hybridized carbons (Fsp3) is 0.429. The van der Waals surface area contributed by atoms with Crippen molar-refractivity contribution in [2.24, 2.45) is 0 Å². The number of hydrogen-bond donors (Lipinski definition) is 1. The number of halogens is 2. The molecule has 3 nitrogen and oxygen atoms in total. The van der Waals surface area contributed by atoms with Gasteiger partial charge in [0.1, 0.15) is 0 Å². The molecule has 20 heavy (non-hydrogen) atoms. The Morgan fingerprint density at radius 2 is 2.10 bits per heavy atom. The highest BCUT2D eigenvalue weighted by molar-refractivity contribution is 7.05. The average Bonchev–Trinajstić information content (AvgIpc) is 2.92. The van der Waals surface area contributed by atoms with Crippen molar-refractivity contribution in [3.63, 3.8) is 0 Å². The Morgan fingerprint density at radius 1 is 1.30 bits per heavy atom. The molecule has 1 unspecified atom stereocenters. The second-order valence-electron chi connectivity index (χ2n) is 4.47. The van der Waals surface area contributed by atoms with E-state index in [0.29, 0.717) is 18.5 Å². The van der Waals surface area contributed by atoms with Gasteiger partial charge >= 0.3 is 0 Å². The van der Waals surface area contributed by atoms with E-state index < -0.39 is 17.7 Å². The summed E-state index contributed by atoms with van der Waals surface area (Å²) in [7, 11) is 0. The van der Waals surface area contributed by atoms with Crippen LogP contribution in [0, 0.1) is 11.6 Å². The van der Waals surface area contributed by atoms with Gasteiger partial charge in [-0.15, -0.1) is 5.10 Å². The van der Waals surface area contributed by atoms with Crippen molar-refractivity contribution in [3.8, 4) is 0 Å². The van der Waals surface area contributed by atoms with Crippen LogP contribution < -0.4 is 5.32 Å². The van der Waals surface area contributed by atoms with Crippen molar-refractivity contribution < 1.29 is 8.78 Å². The highest BCUT2D eigenvalue weighted by Crippen LogP contribution is 2.29. The van der Waals surface area contributed by atoms with Crippen LogP contribution in [0.15, 0.2) is 18.2 Å². The highest BCUT2D eigenvalue weighted by Gasteiger charge is 2.24. The van der Waals surface area contributed by atoms with Crippen molar-refractivity contribution in [2.45, 2.75) is 32.7 Å². The van der Waals surface area contributed by atoms with Gasteiger partial charge in [0, 0.05) is 5.56 Å². The summed E-state index contributed by atoms with van der Waals surface area (Å²) >= 11 is 1.23. The van der Waals surface area contributed by atoms with Crippen LogP contribution in [-0.4, -0.2) is 16.1 Å². The number of benzene rings is 1. The first kappa shape index (κ1) is 15.0. The molecule has 0 saturated heterocycles. The Labute approximate surface area is 121 Å². The number of hydrogen-bond acceptors (Lipinski definition) is 4. The third-order valence-electron chi connectivity index (χ3n) is 3.07. The zero-order valence-electron chi connectivity index (χ0n) is 11.5. The van der Waals surface area contributed by atoms with Crippen molar-refractivity contribution in [1.29, 1.82) is 0 Å². The monoisotopic (exact) mass is 297 g/mol. The average molecular weight is 297 g/mol. The molecule has 2 rings (SSSR count). The van der Waals surface area contributed by atoms with Crippen molar-refractivity contribution in [3.05, 3.63) is 46.0 Å². The van der Waals surface area contributed by atoms with E-state index in [9.17, 15) is 8.78 Å². The van der Waals surface area contributed by atoms with E-state index in [1.54, 1.807) is 6.07 Å². The first-order valence-corrected chi connectivity index (χ1v) is 7.44. The molecule has 0 fully saturated rings. The molecule has 1 atom stereocenters. The van der Waals surface area contributed by atoms with Crippen LogP contribution in [0.25, 0.3) is 0 Å². The van der Waals surface area contributed by atoms with E-state index >= 15 is 0 Å². The molecule has 0 amide bonds. The van der Waals surface area contributed by atoms with E-state index in [2.05, 4.69) is 14.9 Å². The smallest absolute Gasteiger partial charge is 0.163 e. The molecule has 2 aromatic rings. The van der Waals surface area contributed by atoms with Crippen LogP contribution in [0.2, 0.25) is 0 Å². The largest absolute Gasteiger partial charge is 0.305 e. The summed E-state index contributed by atoms with van der Waals surface area (Å²) in [6.45, 7) is 4.71. The second kappa shape index (κ2) is 6.85. The van der Waals surface area contributed by atoms with E-state index in [1.165, 1.54) is 17.6 Å². The van der Waals surface area contributed by atoms with Crippen LogP contribution in [-0.2, 0) is 6.42 Å². The van der Waals surface area contributed by atoms with Gasteiger partial charge in [-0.1, -0.05) is 30.5 Å². The Kier molecular flexibility index (Phi) is 5.14. The van der Waals surface area contributed by atoms with Gasteiger partial charge in [0.15, 0.2) is 11.6 Å². The van der Waals surface area contributed by atoms with Crippen molar-refractivity contribution >= 4 is 11.5 Å². The van der Waals surface area contributed by atoms with Crippen LogP contribution >= 0.6 is 11.5 Å². The lowest BCUT2D eigenvalue weighted by atomic mass is 10.0. The van der Waals surface area contributed by atoms with Crippen molar-refractivity contribution in [1.82, 2.24) is 14.9 Å². The third kappa shape index (κ3) is 3.02. The molecule has 1 aromatic carbocycles. The zero-order valence-corrected chi connectivity index (χ0v) is 12.3. The maximum Gasteiger partial charge on any atom is 0.163 e. The topological polar surface area (TPSA) is 37.8 Å². The van der Waals surface area contributed by atoms with Crippen LogP contribution in [0.4, 0.5) is 8.78 Å². The number of rotatable bonds is 6. The first-order valence-electron chi connectivity index (χ1n) is 6.67. The van der Waals surface area contributed by atoms with Gasteiger partial charge in [-0.05, 0) is 37.0 Å². The fourth-order valence-corrected chi connectivity index (χ4v) is 2.89. The molecule has 0 spiro atoms. The predicted octanol–water partition coefficient (Wildman–Crippen LogP) is 3.47. The molecule has 0 bridgehead atoms. The molecule has 1 heterocycles. The standard InChI is InChI=1S/C14H17F2N3S/c1-3-8-17-13(14-11(4-2)18-19-20-14)9-6-5-7-10(15)12(9)16/h5-7,13,17H,3-4,8H2,1-2H3. The molecule has 0 aliphatic heterocycles. The molecule has 1 aromatic heterocycles. The quantitative estimate of drug-likeness (QED) is 0.887.